The van der Waals surface area contributed by atoms with Gasteiger partial charge in [-0.2, -0.15) is 13.2 Å². The molecular formula is C11H6F3NO. The van der Waals surface area contributed by atoms with Crippen molar-refractivity contribution < 1.29 is 18.0 Å². The Hall–Kier alpha value is -1.91. The average molecular weight is 225 g/mol. The lowest BCUT2D eigenvalue weighted by Crippen LogP contribution is -2.05. The van der Waals surface area contributed by atoms with Crippen LogP contribution in [0.2, 0.25) is 0 Å². The van der Waals surface area contributed by atoms with Crippen molar-refractivity contribution in [3.8, 4) is 0 Å². The van der Waals surface area contributed by atoms with E-state index in [1.807, 2.05) is 0 Å². The molecule has 1 heterocycles. The first-order chi connectivity index (χ1) is 7.47. The fourth-order valence-electron chi connectivity index (χ4n) is 1.37. The van der Waals surface area contributed by atoms with Gasteiger partial charge in [0.2, 0.25) is 0 Å². The Morgan fingerprint density at radius 1 is 1.19 bits per heavy atom. The number of benzene rings is 1. The first kappa shape index (κ1) is 10.6. The van der Waals surface area contributed by atoms with Crippen LogP contribution < -0.4 is 0 Å². The standard InChI is InChI=1S/C11H6F3NO/c12-11(13,14)9-3-1-2-7(4-9)8-5-10(16)15-6-8/h1-6H. The minimum atomic E-state index is -4.38. The molecule has 0 aliphatic carbocycles. The Morgan fingerprint density at radius 2 is 1.94 bits per heavy atom. The van der Waals surface area contributed by atoms with E-state index in [2.05, 4.69) is 4.99 Å². The number of carbonyl (C=O) groups is 1. The van der Waals surface area contributed by atoms with Gasteiger partial charge in [0.25, 0.3) is 5.91 Å². The van der Waals surface area contributed by atoms with Crippen molar-refractivity contribution in [3.63, 3.8) is 0 Å². The number of rotatable bonds is 1. The summed E-state index contributed by atoms with van der Waals surface area (Å²) < 4.78 is 37.2. The Kier molecular flexibility index (Phi) is 2.38. The fourth-order valence-corrected chi connectivity index (χ4v) is 1.37. The van der Waals surface area contributed by atoms with Crippen molar-refractivity contribution in [3.05, 3.63) is 41.5 Å². The summed E-state index contributed by atoms with van der Waals surface area (Å²) in [5.74, 6) is -0.451. The number of hydrogen-bond acceptors (Lipinski definition) is 1. The maximum Gasteiger partial charge on any atom is 0.416 e. The lowest BCUT2D eigenvalue weighted by Gasteiger charge is -2.07. The second-order valence-electron chi connectivity index (χ2n) is 3.27. The third kappa shape index (κ3) is 2.03. The summed E-state index contributed by atoms with van der Waals surface area (Å²) in [5, 5.41) is 0. The third-order valence-electron chi connectivity index (χ3n) is 2.13. The summed E-state index contributed by atoms with van der Waals surface area (Å²) in [5.41, 5.74) is -0.000765. The van der Waals surface area contributed by atoms with Gasteiger partial charge in [-0.1, -0.05) is 12.1 Å². The SMILES string of the molecule is O=C1C=C(c2cccc(C(F)(F)F)c2)C=N1. The molecule has 0 N–H and O–H groups in total. The predicted molar refractivity (Wildman–Crippen MR) is 52.9 cm³/mol. The second kappa shape index (κ2) is 3.59. The molecule has 1 aromatic rings. The number of carbonyl (C=O) groups excluding carboxylic acids is 1. The summed E-state index contributed by atoms with van der Waals surface area (Å²) in [6, 6.07) is 4.79. The molecule has 0 radical (unpaired) electrons. The van der Waals surface area contributed by atoms with Crippen LogP contribution in [0.15, 0.2) is 35.3 Å². The van der Waals surface area contributed by atoms with E-state index in [0.717, 1.165) is 12.1 Å². The molecule has 1 aliphatic rings. The summed E-state index contributed by atoms with van der Waals surface area (Å²) in [7, 11) is 0. The van der Waals surface area contributed by atoms with Crippen LogP contribution in [-0.4, -0.2) is 12.1 Å². The molecule has 2 nitrogen and oxygen atoms in total. The van der Waals surface area contributed by atoms with Gasteiger partial charge < -0.3 is 0 Å². The Morgan fingerprint density at radius 3 is 2.50 bits per heavy atom. The summed E-state index contributed by atoms with van der Waals surface area (Å²) in [6.07, 6.45) is -1.91. The predicted octanol–water partition coefficient (Wildman–Crippen LogP) is 2.70. The van der Waals surface area contributed by atoms with Gasteiger partial charge in [-0.25, -0.2) is 4.99 Å². The molecule has 0 bridgehead atoms. The van der Waals surface area contributed by atoms with Crippen LogP contribution in [0, 0.1) is 0 Å². The highest BCUT2D eigenvalue weighted by Gasteiger charge is 2.30. The van der Waals surface area contributed by atoms with Gasteiger partial charge in [-0.3, -0.25) is 4.79 Å². The van der Waals surface area contributed by atoms with E-state index < -0.39 is 17.6 Å². The van der Waals surface area contributed by atoms with Crippen LogP contribution >= 0.6 is 0 Å². The van der Waals surface area contributed by atoms with Crippen LogP contribution in [0.5, 0.6) is 0 Å². The van der Waals surface area contributed by atoms with Crippen LogP contribution in [-0.2, 0) is 11.0 Å². The highest BCUT2D eigenvalue weighted by Crippen LogP contribution is 2.31. The number of allylic oxidation sites excluding steroid dienone is 1. The number of halogens is 3. The van der Waals surface area contributed by atoms with Crippen LogP contribution in [0.4, 0.5) is 13.2 Å². The molecule has 0 fully saturated rings. The largest absolute Gasteiger partial charge is 0.416 e. The first-order valence-corrected chi connectivity index (χ1v) is 4.44. The van der Waals surface area contributed by atoms with Crippen molar-refractivity contribution in [2.75, 3.05) is 0 Å². The number of alkyl halides is 3. The molecule has 2 rings (SSSR count). The fraction of sp³-hybridized carbons (Fsp3) is 0.0909. The zero-order chi connectivity index (χ0) is 11.8. The molecule has 0 atom stereocenters. The molecule has 0 saturated heterocycles. The number of aliphatic imine (C=N–C) groups is 1. The van der Waals surface area contributed by atoms with E-state index in [1.165, 1.54) is 24.4 Å². The van der Waals surface area contributed by atoms with E-state index in [1.54, 1.807) is 0 Å². The van der Waals surface area contributed by atoms with Crippen molar-refractivity contribution in [1.82, 2.24) is 0 Å². The molecule has 1 amide bonds. The third-order valence-corrected chi connectivity index (χ3v) is 2.13. The molecule has 5 heteroatoms. The van der Waals surface area contributed by atoms with Crippen LogP contribution in [0.25, 0.3) is 5.57 Å². The van der Waals surface area contributed by atoms with Crippen molar-refractivity contribution in [1.29, 1.82) is 0 Å². The molecule has 0 aromatic heterocycles. The molecular weight excluding hydrogens is 219 g/mol. The maximum atomic E-state index is 12.4. The molecule has 0 saturated carbocycles. The maximum absolute atomic E-state index is 12.4. The van der Waals surface area contributed by atoms with Crippen LogP contribution in [0.1, 0.15) is 11.1 Å². The minimum absolute atomic E-state index is 0.337. The van der Waals surface area contributed by atoms with Gasteiger partial charge in [-0.05, 0) is 17.7 Å². The first-order valence-electron chi connectivity index (χ1n) is 4.44. The minimum Gasteiger partial charge on any atom is -0.267 e. The smallest absolute Gasteiger partial charge is 0.267 e. The second-order valence-corrected chi connectivity index (χ2v) is 3.27. The normalized spacial score (nSPS) is 15.4. The topological polar surface area (TPSA) is 29.4 Å². The van der Waals surface area contributed by atoms with Gasteiger partial charge in [0.1, 0.15) is 0 Å². The van der Waals surface area contributed by atoms with E-state index in [4.69, 9.17) is 0 Å². The quantitative estimate of drug-likeness (QED) is 0.722. The summed E-state index contributed by atoms with van der Waals surface area (Å²) in [6.45, 7) is 0. The zero-order valence-corrected chi connectivity index (χ0v) is 7.95. The molecule has 1 aromatic carbocycles. The highest BCUT2D eigenvalue weighted by atomic mass is 19.4. The lowest BCUT2D eigenvalue weighted by molar-refractivity contribution is -0.137. The van der Waals surface area contributed by atoms with Crippen molar-refractivity contribution in [2.45, 2.75) is 6.18 Å². The number of nitrogens with zero attached hydrogens (tertiary/aromatic N) is 1. The average Bonchev–Trinajstić information content (AvgIpc) is 2.64. The summed E-state index contributed by atoms with van der Waals surface area (Å²) >= 11 is 0. The molecule has 16 heavy (non-hydrogen) atoms. The van der Waals surface area contributed by atoms with E-state index in [0.29, 0.717) is 11.1 Å². The lowest BCUT2D eigenvalue weighted by atomic mass is 10.0. The molecule has 0 spiro atoms. The van der Waals surface area contributed by atoms with Gasteiger partial charge in [0.15, 0.2) is 0 Å². The van der Waals surface area contributed by atoms with Gasteiger partial charge in [0.05, 0.1) is 5.56 Å². The molecule has 1 aliphatic heterocycles. The zero-order valence-electron chi connectivity index (χ0n) is 7.95. The monoisotopic (exact) mass is 225 g/mol. The van der Waals surface area contributed by atoms with E-state index >= 15 is 0 Å². The van der Waals surface area contributed by atoms with E-state index in [9.17, 15) is 18.0 Å². The van der Waals surface area contributed by atoms with Gasteiger partial charge >= 0.3 is 6.18 Å². The highest BCUT2D eigenvalue weighted by molar-refractivity contribution is 6.24. The Bertz CT molecular complexity index is 500. The number of amides is 1. The number of hydrogen-bond donors (Lipinski definition) is 0. The van der Waals surface area contributed by atoms with E-state index in [-0.39, 0.29) is 0 Å². The molecule has 0 unspecified atom stereocenters. The van der Waals surface area contributed by atoms with Crippen molar-refractivity contribution >= 4 is 17.7 Å². The molecule has 82 valence electrons. The Balaban J connectivity index is 2.41. The van der Waals surface area contributed by atoms with Gasteiger partial charge in [0, 0.05) is 17.9 Å². The Labute approximate surface area is 89.1 Å². The van der Waals surface area contributed by atoms with Crippen LogP contribution in [0.3, 0.4) is 0 Å². The summed E-state index contributed by atoms with van der Waals surface area (Å²) in [4.78, 5) is 14.3. The van der Waals surface area contributed by atoms with Crippen molar-refractivity contribution in [2.24, 2.45) is 4.99 Å². The van der Waals surface area contributed by atoms with Gasteiger partial charge in [-0.15, -0.1) is 0 Å².